The topological polar surface area (TPSA) is 80.0 Å². The molecule has 4 N–H and O–H groups in total. The summed E-state index contributed by atoms with van der Waals surface area (Å²) >= 11 is 2.01. The summed E-state index contributed by atoms with van der Waals surface area (Å²) in [7, 11) is 0. The van der Waals surface area contributed by atoms with E-state index >= 15 is 0 Å². The third-order valence-corrected chi connectivity index (χ3v) is 1.63. The van der Waals surface area contributed by atoms with Gasteiger partial charge in [-0.3, -0.25) is 3.11 Å². The first-order chi connectivity index (χ1) is 4.20. The van der Waals surface area contributed by atoms with Crippen LogP contribution >= 0.6 is 22.9 Å². The summed E-state index contributed by atoms with van der Waals surface area (Å²) in [5.41, 5.74) is 10.6. The van der Waals surface area contributed by atoms with E-state index in [1.54, 1.807) is 3.11 Å². The zero-order valence-corrected chi connectivity index (χ0v) is 6.74. The molecule has 0 bridgehead atoms. The molecule has 9 heavy (non-hydrogen) atoms. The van der Waals surface area contributed by atoms with Gasteiger partial charge in [-0.05, 0) is 0 Å². The fourth-order valence-corrected chi connectivity index (χ4v) is 0.674. The fourth-order valence-electron chi connectivity index (χ4n) is 0.414. The van der Waals surface area contributed by atoms with Gasteiger partial charge in [-0.2, -0.15) is 4.99 Å². The maximum Gasteiger partial charge on any atom is 0.220 e. The van der Waals surface area contributed by atoms with Crippen molar-refractivity contribution in [2.24, 2.45) is 21.5 Å². The molecule has 0 unspecified atom stereocenters. The van der Waals surface area contributed by atoms with Crippen LogP contribution in [0.1, 0.15) is 0 Å². The Morgan fingerprint density at radius 1 is 1.56 bits per heavy atom. The Morgan fingerprint density at radius 2 is 2.22 bits per heavy atom. The third-order valence-electron chi connectivity index (χ3n) is 0.835. The SMILES string of the molecule is NC1=NCN(I)C(N)=N1. The Balaban J connectivity index is 2.74. The number of nitrogens with zero attached hydrogens (tertiary/aromatic N) is 3. The molecule has 0 aliphatic carbocycles. The molecular weight excluding hydrogens is 233 g/mol. The van der Waals surface area contributed by atoms with E-state index in [1.165, 1.54) is 0 Å². The van der Waals surface area contributed by atoms with Gasteiger partial charge in [0.15, 0.2) is 0 Å². The van der Waals surface area contributed by atoms with E-state index in [-0.39, 0.29) is 5.96 Å². The summed E-state index contributed by atoms with van der Waals surface area (Å²) in [6, 6.07) is 0. The van der Waals surface area contributed by atoms with Crippen molar-refractivity contribution in [3.05, 3.63) is 0 Å². The molecule has 5 nitrogen and oxygen atoms in total. The Morgan fingerprint density at radius 3 is 2.67 bits per heavy atom. The van der Waals surface area contributed by atoms with Crippen LogP contribution in [0.5, 0.6) is 0 Å². The van der Waals surface area contributed by atoms with E-state index in [4.69, 9.17) is 11.5 Å². The van der Waals surface area contributed by atoms with Crippen molar-refractivity contribution in [3.8, 4) is 0 Å². The molecule has 0 amide bonds. The maximum atomic E-state index is 5.38. The highest BCUT2D eigenvalue weighted by atomic mass is 127. The monoisotopic (exact) mass is 239 g/mol. The molecule has 0 radical (unpaired) electrons. The Labute approximate surface area is 66.3 Å². The van der Waals surface area contributed by atoms with E-state index in [0.717, 1.165) is 0 Å². The summed E-state index contributed by atoms with van der Waals surface area (Å²) in [4.78, 5) is 7.51. The molecule has 0 aromatic carbocycles. The normalized spacial score (nSPS) is 19.0. The summed E-state index contributed by atoms with van der Waals surface area (Å²) in [5, 5.41) is 0. The van der Waals surface area contributed by atoms with Crippen LogP contribution in [0.25, 0.3) is 0 Å². The van der Waals surface area contributed by atoms with Crippen LogP contribution in [0.3, 0.4) is 0 Å². The molecule has 0 spiro atoms. The van der Waals surface area contributed by atoms with Crippen LogP contribution in [-0.4, -0.2) is 21.7 Å². The van der Waals surface area contributed by atoms with Crippen LogP contribution in [-0.2, 0) is 0 Å². The Hall–Kier alpha value is -0.530. The van der Waals surface area contributed by atoms with E-state index in [2.05, 4.69) is 9.98 Å². The van der Waals surface area contributed by atoms with Gasteiger partial charge in [-0.15, -0.1) is 0 Å². The predicted octanol–water partition coefficient (Wildman–Crippen LogP) is -0.761. The zero-order valence-electron chi connectivity index (χ0n) is 4.58. The number of aliphatic imine (C=N–C) groups is 2. The molecule has 1 aliphatic rings. The van der Waals surface area contributed by atoms with Crippen LogP contribution in [0.4, 0.5) is 0 Å². The smallest absolute Gasteiger partial charge is 0.220 e. The van der Waals surface area contributed by atoms with E-state index in [0.29, 0.717) is 12.6 Å². The highest BCUT2D eigenvalue weighted by Gasteiger charge is 2.07. The summed E-state index contributed by atoms with van der Waals surface area (Å²) in [6.07, 6.45) is 0. The molecule has 0 saturated carbocycles. The van der Waals surface area contributed by atoms with Crippen LogP contribution in [0, 0.1) is 0 Å². The van der Waals surface area contributed by atoms with E-state index in [9.17, 15) is 0 Å². The highest BCUT2D eigenvalue weighted by Crippen LogP contribution is 2.01. The van der Waals surface area contributed by atoms with Gasteiger partial charge < -0.3 is 11.5 Å². The summed E-state index contributed by atoms with van der Waals surface area (Å²) in [6.45, 7) is 0.488. The molecule has 6 heteroatoms. The number of nitrogens with two attached hydrogens (primary N) is 2. The lowest BCUT2D eigenvalue weighted by Crippen LogP contribution is -2.35. The molecule has 0 aromatic heterocycles. The molecule has 1 heterocycles. The molecule has 0 aromatic rings. The summed E-state index contributed by atoms with van der Waals surface area (Å²) in [5.74, 6) is 0.656. The number of guanidine groups is 2. The summed E-state index contributed by atoms with van der Waals surface area (Å²) < 4.78 is 1.67. The average Bonchev–Trinajstić information content (AvgIpc) is 1.80. The minimum Gasteiger partial charge on any atom is -0.369 e. The highest BCUT2D eigenvalue weighted by molar-refractivity contribution is 14.1. The van der Waals surface area contributed by atoms with Gasteiger partial charge in [0.2, 0.25) is 11.9 Å². The molecule has 1 rings (SSSR count). The molecular formula is C3H6IN5. The molecule has 0 saturated heterocycles. The van der Waals surface area contributed by atoms with Gasteiger partial charge in [0, 0.05) is 0 Å². The number of halogens is 1. The van der Waals surface area contributed by atoms with Gasteiger partial charge >= 0.3 is 0 Å². The van der Waals surface area contributed by atoms with Crippen LogP contribution < -0.4 is 11.5 Å². The van der Waals surface area contributed by atoms with Crippen molar-refractivity contribution in [1.82, 2.24) is 3.11 Å². The lowest BCUT2D eigenvalue weighted by molar-refractivity contribution is 0.716. The predicted molar refractivity (Wildman–Crippen MR) is 44.0 cm³/mol. The van der Waals surface area contributed by atoms with Crippen molar-refractivity contribution in [2.75, 3.05) is 6.67 Å². The second kappa shape index (κ2) is 2.38. The first kappa shape index (κ1) is 6.59. The van der Waals surface area contributed by atoms with Gasteiger partial charge in [-0.1, -0.05) is 0 Å². The van der Waals surface area contributed by atoms with Gasteiger partial charge in [-0.25, -0.2) is 4.99 Å². The lowest BCUT2D eigenvalue weighted by atomic mass is 10.8. The van der Waals surface area contributed by atoms with Gasteiger partial charge in [0.1, 0.15) is 6.67 Å². The van der Waals surface area contributed by atoms with E-state index in [1.807, 2.05) is 22.9 Å². The van der Waals surface area contributed by atoms with Crippen LogP contribution in [0.15, 0.2) is 9.98 Å². The van der Waals surface area contributed by atoms with Crippen LogP contribution in [0.2, 0.25) is 0 Å². The number of hydrogen-bond donors (Lipinski definition) is 2. The first-order valence-electron chi connectivity index (χ1n) is 2.27. The van der Waals surface area contributed by atoms with Crippen molar-refractivity contribution >= 4 is 34.8 Å². The second-order valence-electron chi connectivity index (χ2n) is 1.49. The molecule has 0 fully saturated rings. The minimum atomic E-state index is 0.250. The van der Waals surface area contributed by atoms with Crippen molar-refractivity contribution < 1.29 is 0 Å². The minimum absolute atomic E-state index is 0.250. The largest absolute Gasteiger partial charge is 0.369 e. The quantitative estimate of drug-likeness (QED) is 0.430. The molecule has 0 atom stereocenters. The molecule has 50 valence electrons. The Bertz CT molecular complexity index is 173. The van der Waals surface area contributed by atoms with Crippen molar-refractivity contribution in [1.29, 1.82) is 0 Å². The average molecular weight is 239 g/mol. The van der Waals surface area contributed by atoms with Crippen molar-refractivity contribution in [2.45, 2.75) is 0 Å². The first-order valence-corrected chi connectivity index (χ1v) is 3.24. The second-order valence-corrected chi connectivity index (χ2v) is 2.65. The van der Waals surface area contributed by atoms with Gasteiger partial charge in [0.25, 0.3) is 0 Å². The zero-order chi connectivity index (χ0) is 6.85. The third kappa shape index (κ3) is 1.44. The van der Waals surface area contributed by atoms with E-state index < -0.39 is 0 Å². The Kier molecular flexibility index (Phi) is 1.74. The number of hydrogen-bond acceptors (Lipinski definition) is 5. The maximum absolute atomic E-state index is 5.38. The standard InChI is InChI=1S/C3H6IN5/c4-9-1-7-2(5)8-3(9)6/h1H2,(H4,5,6,7,8). The number of rotatable bonds is 0. The van der Waals surface area contributed by atoms with Gasteiger partial charge in [0.05, 0.1) is 22.9 Å². The fraction of sp³-hybridized carbons (Fsp3) is 0.333. The van der Waals surface area contributed by atoms with Crippen molar-refractivity contribution in [3.63, 3.8) is 0 Å². The molecule has 1 aliphatic heterocycles. The lowest BCUT2D eigenvalue weighted by Gasteiger charge is -2.15.